The maximum atomic E-state index is 13.6. The summed E-state index contributed by atoms with van der Waals surface area (Å²) in [5.74, 6) is -3.38. The van der Waals surface area contributed by atoms with E-state index in [0.717, 1.165) is 23.3 Å². The van der Waals surface area contributed by atoms with Crippen LogP contribution in [0.15, 0.2) is 60.0 Å². The molecule has 0 atom stereocenters. The Morgan fingerprint density at radius 2 is 1.79 bits per heavy atom. The van der Waals surface area contributed by atoms with Gasteiger partial charge < -0.3 is 10.1 Å². The number of aryl methyl sites for hydroxylation is 1. The standard InChI is InChI=1S/C22H17F2NO3S/c1-14-5-2-6-15(11-14)12-16(19-9-4-10-29-19)22(27)28-13-20(26)25-21-17(23)7-3-8-18(21)24/h2-12H,13H2,1H3,(H,25,26)/b16-12+. The number of esters is 1. The molecule has 1 amide bonds. The molecule has 0 saturated carbocycles. The largest absolute Gasteiger partial charge is 0.452 e. The second-order valence-electron chi connectivity index (χ2n) is 6.17. The fraction of sp³-hybridized carbons (Fsp3) is 0.0909. The van der Waals surface area contributed by atoms with Crippen molar-refractivity contribution >= 4 is 40.5 Å². The Morgan fingerprint density at radius 1 is 1.07 bits per heavy atom. The van der Waals surface area contributed by atoms with Crippen molar-refractivity contribution in [3.8, 4) is 0 Å². The van der Waals surface area contributed by atoms with Crippen molar-refractivity contribution in [1.29, 1.82) is 0 Å². The highest BCUT2D eigenvalue weighted by atomic mass is 32.1. The minimum absolute atomic E-state index is 0.287. The van der Waals surface area contributed by atoms with E-state index in [2.05, 4.69) is 5.32 Å². The van der Waals surface area contributed by atoms with Gasteiger partial charge in [0.15, 0.2) is 6.61 Å². The summed E-state index contributed by atoms with van der Waals surface area (Å²) in [6.45, 7) is 1.26. The molecule has 148 valence electrons. The molecule has 0 fully saturated rings. The first kappa shape index (κ1) is 20.4. The average molecular weight is 413 g/mol. The minimum Gasteiger partial charge on any atom is -0.452 e. The molecule has 7 heteroatoms. The lowest BCUT2D eigenvalue weighted by molar-refractivity contribution is -0.141. The zero-order valence-corrected chi connectivity index (χ0v) is 16.3. The van der Waals surface area contributed by atoms with Gasteiger partial charge in [0.05, 0.1) is 5.57 Å². The molecule has 0 aliphatic rings. The van der Waals surface area contributed by atoms with Crippen LogP contribution in [-0.2, 0) is 14.3 Å². The van der Waals surface area contributed by atoms with E-state index in [1.165, 1.54) is 17.4 Å². The number of thiophene rings is 1. The van der Waals surface area contributed by atoms with E-state index in [0.29, 0.717) is 4.88 Å². The van der Waals surface area contributed by atoms with Gasteiger partial charge in [0.2, 0.25) is 0 Å². The van der Waals surface area contributed by atoms with Gasteiger partial charge in [-0.2, -0.15) is 0 Å². The third kappa shape index (κ3) is 5.36. The van der Waals surface area contributed by atoms with E-state index >= 15 is 0 Å². The lowest BCUT2D eigenvalue weighted by Gasteiger charge is -2.09. The summed E-state index contributed by atoms with van der Waals surface area (Å²) in [6.07, 6.45) is 1.68. The number of benzene rings is 2. The molecule has 1 aromatic heterocycles. The average Bonchev–Trinajstić information content (AvgIpc) is 3.22. The van der Waals surface area contributed by atoms with E-state index in [9.17, 15) is 18.4 Å². The predicted molar refractivity (Wildman–Crippen MR) is 109 cm³/mol. The smallest absolute Gasteiger partial charge is 0.340 e. The van der Waals surface area contributed by atoms with Crippen molar-refractivity contribution in [2.24, 2.45) is 0 Å². The van der Waals surface area contributed by atoms with Crippen LogP contribution in [0.25, 0.3) is 11.6 Å². The third-order valence-electron chi connectivity index (χ3n) is 3.92. The van der Waals surface area contributed by atoms with Crippen molar-refractivity contribution in [2.45, 2.75) is 6.92 Å². The Kier molecular flexibility index (Phi) is 6.51. The summed E-state index contributed by atoms with van der Waals surface area (Å²) < 4.78 is 32.3. The van der Waals surface area contributed by atoms with Crippen LogP contribution in [0.4, 0.5) is 14.5 Å². The first-order valence-corrected chi connectivity index (χ1v) is 9.55. The fourth-order valence-electron chi connectivity index (χ4n) is 2.59. The lowest BCUT2D eigenvalue weighted by Crippen LogP contribution is -2.22. The van der Waals surface area contributed by atoms with Crippen molar-refractivity contribution in [2.75, 3.05) is 11.9 Å². The summed E-state index contributed by atoms with van der Waals surface area (Å²) in [6, 6.07) is 14.4. The summed E-state index contributed by atoms with van der Waals surface area (Å²) >= 11 is 1.35. The van der Waals surface area contributed by atoms with Crippen LogP contribution >= 0.6 is 11.3 Å². The van der Waals surface area contributed by atoms with Crippen LogP contribution in [0.2, 0.25) is 0 Å². The molecule has 3 aromatic rings. The number of carbonyl (C=O) groups excluding carboxylic acids is 2. The van der Waals surface area contributed by atoms with E-state index in [4.69, 9.17) is 4.74 Å². The molecule has 0 spiro atoms. The van der Waals surface area contributed by atoms with Crippen molar-refractivity contribution in [3.63, 3.8) is 0 Å². The first-order chi connectivity index (χ1) is 13.9. The molecule has 4 nitrogen and oxygen atoms in total. The van der Waals surface area contributed by atoms with Crippen LogP contribution in [0.3, 0.4) is 0 Å². The molecule has 0 unspecified atom stereocenters. The Hall–Kier alpha value is -3.32. The quantitative estimate of drug-likeness (QED) is 0.454. The number of anilines is 1. The number of halogens is 2. The van der Waals surface area contributed by atoms with E-state index in [1.807, 2.05) is 36.6 Å². The summed E-state index contributed by atoms with van der Waals surface area (Å²) in [7, 11) is 0. The van der Waals surface area contributed by atoms with Gasteiger partial charge in [-0.25, -0.2) is 13.6 Å². The summed E-state index contributed by atoms with van der Waals surface area (Å²) in [5, 5.41) is 3.90. The fourth-order valence-corrected chi connectivity index (χ4v) is 3.32. The molecular weight excluding hydrogens is 396 g/mol. The maximum absolute atomic E-state index is 13.6. The zero-order valence-electron chi connectivity index (χ0n) is 15.4. The Labute approximate surface area is 170 Å². The van der Waals surface area contributed by atoms with E-state index in [1.54, 1.807) is 18.2 Å². The maximum Gasteiger partial charge on any atom is 0.340 e. The van der Waals surface area contributed by atoms with Gasteiger partial charge in [-0.05, 0) is 42.1 Å². The highest BCUT2D eigenvalue weighted by molar-refractivity contribution is 7.11. The molecule has 29 heavy (non-hydrogen) atoms. The lowest BCUT2D eigenvalue weighted by atomic mass is 10.1. The van der Waals surface area contributed by atoms with Crippen LogP contribution < -0.4 is 5.32 Å². The number of carbonyl (C=O) groups is 2. The van der Waals surface area contributed by atoms with Crippen molar-refractivity contribution in [3.05, 3.63) is 87.6 Å². The zero-order chi connectivity index (χ0) is 20.8. The SMILES string of the molecule is Cc1cccc(/C=C(/C(=O)OCC(=O)Nc2c(F)cccc2F)c2cccs2)c1. The highest BCUT2D eigenvalue weighted by Gasteiger charge is 2.18. The van der Waals surface area contributed by atoms with Gasteiger partial charge in [0.25, 0.3) is 5.91 Å². The third-order valence-corrected chi connectivity index (χ3v) is 4.82. The van der Waals surface area contributed by atoms with Crippen LogP contribution in [0.5, 0.6) is 0 Å². The van der Waals surface area contributed by atoms with Crippen LogP contribution in [-0.4, -0.2) is 18.5 Å². The molecule has 0 aliphatic carbocycles. The van der Waals surface area contributed by atoms with Gasteiger partial charge in [0.1, 0.15) is 17.3 Å². The number of rotatable bonds is 6. The number of amides is 1. The molecule has 1 N–H and O–H groups in total. The highest BCUT2D eigenvalue weighted by Crippen LogP contribution is 2.25. The molecule has 0 radical (unpaired) electrons. The first-order valence-electron chi connectivity index (χ1n) is 8.67. The molecule has 2 aromatic carbocycles. The summed E-state index contributed by atoms with van der Waals surface area (Å²) in [5.41, 5.74) is 1.55. The van der Waals surface area contributed by atoms with Crippen molar-refractivity contribution in [1.82, 2.24) is 0 Å². The predicted octanol–water partition coefficient (Wildman–Crippen LogP) is 5.06. The number of ether oxygens (including phenoxy) is 1. The van der Waals surface area contributed by atoms with Gasteiger partial charge in [-0.3, -0.25) is 4.79 Å². The molecule has 0 aliphatic heterocycles. The molecule has 0 saturated heterocycles. The van der Waals surface area contributed by atoms with E-state index in [-0.39, 0.29) is 5.57 Å². The number of para-hydroxylation sites is 1. The van der Waals surface area contributed by atoms with Gasteiger partial charge in [0, 0.05) is 4.88 Å². The Morgan fingerprint density at radius 3 is 2.45 bits per heavy atom. The van der Waals surface area contributed by atoms with Crippen LogP contribution in [0.1, 0.15) is 16.0 Å². The number of hydrogen-bond acceptors (Lipinski definition) is 4. The van der Waals surface area contributed by atoms with Crippen LogP contribution in [0, 0.1) is 18.6 Å². The second kappa shape index (κ2) is 9.25. The Bertz CT molecular complexity index is 1040. The topological polar surface area (TPSA) is 55.4 Å². The second-order valence-corrected chi connectivity index (χ2v) is 7.12. The Balaban J connectivity index is 1.73. The molecule has 1 heterocycles. The number of nitrogens with one attached hydrogen (secondary N) is 1. The summed E-state index contributed by atoms with van der Waals surface area (Å²) in [4.78, 5) is 25.3. The molecular formula is C22H17F2NO3S. The monoisotopic (exact) mass is 413 g/mol. The molecule has 0 bridgehead atoms. The molecule has 3 rings (SSSR count). The van der Waals surface area contributed by atoms with E-state index < -0.39 is 35.8 Å². The van der Waals surface area contributed by atoms with Gasteiger partial charge >= 0.3 is 5.97 Å². The normalized spacial score (nSPS) is 11.2. The number of hydrogen-bond donors (Lipinski definition) is 1. The van der Waals surface area contributed by atoms with Gasteiger partial charge in [-0.1, -0.05) is 42.0 Å². The minimum atomic E-state index is -0.914. The van der Waals surface area contributed by atoms with Gasteiger partial charge in [-0.15, -0.1) is 11.3 Å². The van der Waals surface area contributed by atoms with Crippen molar-refractivity contribution < 1.29 is 23.1 Å².